The Balaban J connectivity index is 2.16. The number of methoxy groups -OCH3 is 1. The average molecular weight is 260 g/mol. The Morgan fingerprint density at radius 2 is 2.26 bits per heavy atom. The molecular formula is C14H16N2O3. The zero-order valence-corrected chi connectivity index (χ0v) is 10.8. The molecule has 2 rings (SSSR count). The Labute approximate surface area is 111 Å². The standard InChI is InChI=1S/C14H16N2O3/c1-19-8-6-15-13(18)9-16-7-5-11-3-2-4-12(10-17)14(11)16/h2-5,7,10H,6,8-9H2,1H3,(H,15,18). The fraction of sp³-hybridized carbons (Fsp3) is 0.286. The molecule has 1 aromatic carbocycles. The lowest BCUT2D eigenvalue weighted by Crippen LogP contribution is -2.30. The summed E-state index contributed by atoms with van der Waals surface area (Å²) in [6, 6.07) is 7.39. The van der Waals surface area contributed by atoms with Gasteiger partial charge in [-0.2, -0.15) is 0 Å². The number of nitrogens with zero attached hydrogens (tertiary/aromatic N) is 1. The van der Waals surface area contributed by atoms with E-state index in [2.05, 4.69) is 5.32 Å². The highest BCUT2D eigenvalue weighted by Crippen LogP contribution is 2.18. The van der Waals surface area contributed by atoms with Gasteiger partial charge in [-0.1, -0.05) is 12.1 Å². The molecule has 100 valence electrons. The molecule has 0 aliphatic carbocycles. The van der Waals surface area contributed by atoms with Crippen LogP contribution in [-0.4, -0.2) is 37.0 Å². The number of para-hydroxylation sites is 1. The monoisotopic (exact) mass is 260 g/mol. The van der Waals surface area contributed by atoms with Crippen molar-refractivity contribution in [2.24, 2.45) is 0 Å². The fourth-order valence-corrected chi connectivity index (χ4v) is 2.02. The molecule has 0 spiro atoms. The summed E-state index contributed by atoms with van der Waals surface area (Å²) in [5, 5.41) is 3.70. The van der Waals surface area contributed by atoms with Crippen LogP contribution < -0.4 is 5.32 Å². The molecule has 5 heteroatoms. The van der Waals surface area contributed by atoms with Gasteiger partial charge in [0.05, 0.1) is 12.1 Å². The predicted molar refractivity (Wildman–Crippen MR) is 72.2 cm³/mol. The lowest BCUT2D eigenvalue weighted by molar-refractivity contribution is -0.121. The van der Waals surface area contributed by atoms with E-state index in [0.29, 0.717) is 18.7 Å². The number of ether oxygens (including phenoxy) is 1. The molecule has 1 aromatic heterocycles. The Bertz CT molecular complexity index is 589. The van der Waals surface area contributed by atoms with Crippen molar-refractivity contribution in [1.29, 1.82) is 0 Å². The van der Waals surface area contributed by atoms with E-state index in [4.69, 9.17) is 4.74 Å². The minimum Gasteiger partial charge on any atom is -0.383 e. The number of hydrogen-bond acceptors (Lipinski definition) is 3. The van der Waals surface area contributed by atoms with E-state index < -0.39 is 0 Å². The van der Waals surface area contributed by atoms with Crippen LogP contribution in [0.4, 0.5) is 0 Å². The van der Waals surface area contributed by atoms with Crippen molar-refractivity contribution in [3.05, 3.63) is 36.0 Å². The number of nitrogens with one attached hydrogen (secondary N) is 1. The summed E-state index contributed by atoms with van der Waals surface area (Å²) in [5.74, 6) is -0.102. The Kier molecular flexibility index (Phi) is 4.30. The number of rotatable bonds is 6. The molecule has 0 aliphatic heterocycles. The topological polar surface area (TPSA) is 60.3 Å². The summed E-state index contributed by atoms with van der Waals surface area (Å²) in [6.45, 7) is 1.16. The number of aromatic nitrogens is 1. The second kappa shape index (κ2) is 6.15. The fourth-order valence-electron chi connectivity index (χ4n) is 2.02. The quantitative estimate of drug-likeness (QED) is 0.627. The van der Waals surface area contributed by atoms with Gasteiger partial charge in [0, 0.05) is 30.8 Å². The number of carbonyl (C=O) groups is 2. The zero-order valence-electron chi connectivity index (χ0n) is 10.8. The smallest absolute Gasteiger partial charge is 0.240 e. The summed E-state index contributed by atoms with van der Waals surface area (Å²) < 4.78 is 6.65. The second-order valence-electron chi connectivity index (χ2n) is 4.19. The molecule has 5 nitrogen and oxygen atoms in total. The van der Waals surface area contributed by atoms with Crippen molar-refractivity contribution in [2.45, 2.75) is 6.54 Å². The van der Waals surface area contributed by atoms with Crippen molar-refractivity contribution in [3.63, 3.8) is 0 Å². The molecule has 0 aliphatic rings. The number of aldehydes is 1. The molecule has 1 N–H and O–H groups in total. The average Bonchev–Trinajstić information content (AvgIpc) is 2.82. The highest BCUT2D eigenvalue weighted by atomic mass is 16.5. The lowest BCUT2D eigenvalue weighted by Gasteiger charge is -2.08. The van der Waals surface area contributed by atoms with Crippen LogP contribution in [0.2, 0.25) is 0 Å². The molecule has 1 heterocycles. The first-order chi connectivity index (χ1) is 9.26. The van der Waals surface area contributed by atoms with Crippen LogP contribution in [0.25, 0.3) is 10.9 Å². The first-order valence-electron chi connectivity index (χ1n) is 6.05. The molecule has 1 amide bonds. The maximum absolute atomic E-state index is 11.8. The number of fused-ring (bicyclic) bond motifs is 1. The molecule has 0 radical (unpaired) electrons. The minimum absolute atomic E-state index is 0.102. The zero-order chi connectivity index (χ0) is 13.7. The van der Waals surface area contributed by atoms with E-state index in [1.54, 1.807) is 17.7 Å². The van der Waals surface area contributed by atoms with E-state index in [-0.39, 0.29) is 12.5 Å². The van der Waals surface area contributed by atoms with E-state index in [0.717, 1.165) is 17.2 Å². The van der Waals surface area contributed by atoms with Crippen LogP contribution in [0, 0.1) is 0 Å². The third kappa shape index (κ3) is 3.00. The number of hydrogen-bond donors (Lipinski definition) is 1. The maximum Gasteiger partial charge on any atom is 0.240 e. The van der Waals surface area contributed by atoms with E-state index >= 15 is 0 Å². The van der Waals surface area contributed by atoms with Gasteiger partial charge in [-0.3, -0.25) is 9.59 Å². The van der Waals surface area contributed by atoms with Gasteiger partial charge in [0.2, 0.25) is 5.91 Å². The van der Waals surface area contributed by atoms with E-state index in [1.807, 2.05) is 24.4 Å². The van der Waals surface area contributed by atoms with Crippen molar-refractivity contribution >= 4 is 23.1 Å². The Morgan fingerprint density at radius 3 is 3.00 bits per heavy atom. The number of amides is 1. The van der Waals surface area contributed by atoms with Crippen LogP contribution in [-0.2, 0) is 16.1 Å². The van der Waals surface area contributed by atoms with Crippen LogP contribution in [0.3, 0.4) is 0 Å². The SMILES string of the molecule is COCCNC(=O)Cn1ccc2cccc(C=O)c21. The second-order valence-corrected chi connectivity index (χ2v) is 4.19. The molecule has 19 heavy (non-hydrogen) atoms. The van der Waals surface area contributed by atoms with Crippen molar-refractivity contribution in [2.75, 3.05) is 20.3 Å². The Hall–Kier alpha value is -2.14. The highest BCUT2D eigenvalue weighted by Gasteiger charge is 2.08. The summed E-state index contributed by atoms with van der Waals surface area (Å²) in [6.07, 6.45) is 2.62. The largest absolute Gasteiger partial charge is 0.383 e. The molecule has 0 bridgehead atoms. The molecule has 0 unspecified atom stereocenters. The molecule has 0 fully saturated rings. The molecular weight excluding hydrogens is 244 g/mol. The van der Waals surface area contributed by atoms with Gasteiger partial charge in [0.1, 0.15) is 6.54 Å². The first kappa shape index (κ1) is 13.3. The van der Waals surface area contributed by atoms with E-state index in [1.165, 1.54) is 0 Å². The lowest BCUT2D eigenvalue weighted by atomic mass is 10.1. The number of benzene rings is 1. The maximum atomic E-state index is 11.8. The molecule has 2 aromatic rings. The van der Waals surface area contributed by atoms with E-state index in [9.17, 15) is 9.59 Å². The van der Waals surface area contributed by atoms with Crippen molar-refractivity contribution in [1.82, 2.24) is 9.88 Å². The van der Waals surface area contributed by atoms with Gasteiger partial charge in [0.25, 0.3) is 0 Å². The van der Waals surface area contributed by atoms with Crippen LogP contribution >= 0.6 is 0 Å². The van der Waals surface area contributed by atoms with Crippen molar-refractivity contribution < 1.29 is 14.3 Å². The van der Waals surface area contributed by atoms with Crippen molar-refractivity contribution in [3.8, 4) is 0 Å². The van der Waals surface area contributed by atoms with Gasteiger partial charge in [-0.05, 0) is 12.1 Å². The third-order valence-corrected chi connectivity index (χ3v) is 2.89. The highest BCUT2D eigenvalue weighted by molar-refractivity contribution is 5.97. The van der Waals surface area contributed by atoms with Gasteiger partial charge >= 0.3 is 0 Å². The predicted octanol–water partition coefficient (Wildman–Crippen LogP) is 1.22. The Morgan fingerprint density at radius 1 is 1.42 bits per heavy atom. The first-order valence-corrected chi connectivity index (χ1v) is 6.05. The third-order valence-electron chi connectivity index (χ3n) is 2.89. The number of carbonyl (C=O) groups excluding carboxylic acids is 2. The van der Waals surface area contributed by atoms with Gasteiger partial charge in [-0.25, -0.2) is 0 Å². The molecule has 0 atom stereocenters. The van der Waals surface area contributed by atoms with Crippen LogP contribution in [0.15, 0.2) is 30.5 Å². The van der Waals surface area contributed by atoms with Crippen LogP contribution in [0.5, 0.6) is 0 Å². The normalized spacial score (nSPS) is 10.6. The molecule has 0 saturated heterocycles. The van der Waals surface area contributed by atoms with Gasteiger partial charge in [-0.15, -0.1) is 0 Å². The van der Waals surface area contributed by atoms with Gasteiger partial charge in [0.15, 0.2) is 6.29 Å². The summed E-state index contributed by atoms with van der Waals surface area (Å²) in [7, 11) is 1.59. The minimum atomic E-state index is -0.102. The molecule has 0 saturated carbocycles. The summed E-state index contributed by atoms with van der Waals surface area (Å²) in [4.78, 5) is 22.8. The van der Waals surface area contributed by atoms with Gasteiger partial charge < -0.3 is 14.6 Å². The van der Waals surface area contributed by atoms with Crippen LogP contribution in [0.1, 0.15) is 10.4 Å². The summed E-state index contributed by atoms with van der Waals surface area (Å²) in [5.41, 5.74) is 1.38. The summed E-state index contributed by atoms with van der Waals surface area (Å²) >= 11 is 0.